The van der Waals surface area contributed by atoms with Gasteiger partial charge in [0.25, 0.3) is 0 Å². The lowest BCUT2D eigenvalue weighted by molar-refractivity contribution is -0.157. The first-order valence-corrected chi connectivity index (χ1v) is 4.58. The highest BCUT2D eigenvalue weighted by molar-refractivity contribution is 5.90. The maximum atomic E-state index is 11.4. The first-order chi connectivity index (χ1) is 6.52. The summed E-state index contributed by atoms with van der Waals surface area (Å²) < 4.78 is 9.59. The number of carbonyl (C=O) groups is 2. The Morgan fingerprint density at radius 3 is 2.71 bits per heavy atom. The van der Waals surface area contributed by atoms with Crippen LogP contribution < -0.4 is 0 Å². The number of rotatable bonds is 3. The third-order valence-corrected chi connectivity index (χ3v) is 2.10. The Hall–Kier alpha value is -1.32. The van der Waals surface area contributed by atoms with Gasteiger partial charge in [0.05, 0.1) is 6.61 Å². The third-order valence-electron chi connectivity index (χ3n) is 2.10. The molecule has 0 aromatic heterocycles. The van der Waals surface area contributed by atoms with E-state index in [1.807, 2.05) is 13.8 Å². The van der Waals surface area contributed by atoms with E-state index in [9.17, 15) is 9.59 Å². The average molecular weight is 198 g/mol. The number of cyclic esters (lactones) is 1. The standard InChI is InChI=1S/C10H14O4/c1-6(2)7(3)9(11)14-8-4-5-13-10(8)12/h6,8H,3-5H2,1-2H3. The molecule has 4 heteroatoms. The van der Waals surface area contributed by atoms with Crippen LogP contribution in [0.3, 0.4) is 0 Å². The third kappa shape index (κ3) is 2.34. The van der Waals surface area contributed by atoms with E-state index in [1.54, 1.807) is 0 Å². The van der Waals surface area contributed by atoms with Crippen molar-refractivity contribution in [2.75, 3.05) is 6.61 Å². The highest BCUT2D eigenvalue weighted by Crippen LogP contribution is 2.15. The predicted octanol–water partition coefficient (Wildman–Crippen LogP) is 1.06. The summed E-state index contributed by atoms with van der Waals surface area (Å²) in [4.78, 5) is 22.3. The highest BCUT2D eigenvalue weighted by atomic mass is 16.6. The maximum absolute atomic E-state index is 11.4. The molecule has 1 rings (SSSR count). The van der Waals surface area contributed by atoms with Gasteiger partial charge >= 0.3 is 11.9 Å². The van der Waals surface area contributed by atoms with Crippen LogP contribution in [0.25, 0.3) is 0 Å². The molecule has 1 atom stereocenters. The summed E-state index contributed by atoms with van der Waals surface area (Å²) in [6.45, 7) is 7.61. The van der Waals surface area contributed by atoms with Crippen molar-refractivity contribution in [3.05, 3.63) is 12.2 Å². The molecule has 0 N–H and O–H groups in total. The van der Waals surface area contributed by atoms with Crippen LogP contribution in [0.4, 0.5) is 0 Å². The van der Waals surface area contributed by atoms with Crippen LogP contribution >= 0.6 is 0 Å². The van der Waals surface area contributed by atoms with E-state index >= 15 is 0 Å². The quantitative estimate of drug-likeness (QED) is 0.502. The summed E-state index contributed by atoms with van der Waals surface area (Å²) in [5.41, 5.74) is 0.379. The van der Waals surface area contributed by atoms with Gasteiger partial charge in [-0.3, -0.25) is 0 Å². The van der Waals surface area contributed by atoms with Crippen molar-refractivity contribution >= 4 is 11.9 Å². The van der Waals surface area contributed by atoms with E-state index in [1.165, 1.54) is 0 Å². The highest BCUT2D eigenvalue weighted by Gasteiger charge is 2.30. The first kappa shape index (κ1) is 10.8. The van der Waals surface area contributed by atoms with Gasteiger partial charge in [-0.1, -0.05) is 20.4 Å². The SMILES string of the molecule is C=C(C(=O)OC1CCOC1=O)C(C)C. The monoisotopic (exact) mass is 198 g/mol. The molecule has 1 aliphatic rings. The fourth-order valence-corrected chi connectivity index (χ4v) is 1.02. The molecule has 1 heterocycles. The summed E-state index contributed by atoms with van der Waals surface area (Å²) in [7, 11) is 0. The van der Waals surface area contributed by atoms with Crippen molar-refractivity contribution in [3.8, 4) is 0 Å². The summed E-state index contributed by atoms with van der Waals surface area (Å²) in [5.74, 6) is -0.946. The maximum Gasteiger partial charge on any atom is 0.347 e. The van der Waals surface area contributed by atoms with Crippen LogP contribution in [0.5, 0.6) is 0 Å². The molecule has 0 saturated carbocycles. The molecule has 0 spiro atoms. The second-order valence-electron chi connectivity index (χ2n) is 3.53. The normalized spacial score (nSPS) is 20.8. The number of hydrogen-bond acceptors (Lipinski definition) is 4. The van der Waals surface area contributed by atoms with Gasteiger partial charge in [0, 0.05) is 12.0 Å². The van der Waals surface area contributed by atoms with E-state index in [-0.39, 0.29) is 5.92 Å². The Kier molecular flexibility index (Phi) is 3.28. The zero-order chi connectivity index (χ0) is 10.7. The summed E-state index contributed by atoms with van der Waals surface area (Å²) >= 11 is 0. The molecular formula is C10H14O4. The molecule has 0 radical (unpaired) electrons. The smallest absolute Gasteiger partial charge is 0.347 e. The number of esters is 2. The van der Waals surface area contributed by atoms with Crippen molar-refractivity contribution < 1.29 is 19.1 Å². The van der Waals surface area contributed by atoms with Crippen LogP contribution in [0.2, 0.25) is 0 Å². The summed E-state index contributed by atoms with van der Waals surface area (Å²) in [6, 6.07) is 0. The van der Waals surface area contributed by atoms with Crippen molar-refractivity contribution in [2.24, 2.45) is 5.92 Å². The van der Waals surface area contributed by atoms with E-state index in [4.69, 9.17) is 4.74 Å². The molecule has 78 valence electrons. The van der Waals surface area contributed by atoms with Gasteiger partial charge in [-0.05, 0) is 5.92 Å². The zero-order valence-corrected chi connectivity index (χ0v) is 8.41. The van der Waals surface area contributed by atoms with Crippen LogP contribution in [0.15, 0.2) is 12.2 Å². The largest absolute Gasteiger partial charge is 0.463 e. The Bertz CT molecular complexity index is 267. The zero-order valence-electron chi connectivity index (χ0n) is 8.41. The molecule has 0 aromatic carbocycles. The van der Waals surface area contributed by atoms with Crippen LogP contribution in [-0.4, -0.2) is 24.6 Å². The van der Waals surface area contributed by atoms with E-state index in [2.05, 4.69) is 11.3 Å². The molecule has 1 aliphatic heterocycles. The molecule has 1 saturated heterocycles. The van der Waals surface area contributed by atoms with Crippen molar-refractivity contribution in [2.45, 2.75) is 26.4 Å². The molecule has 0 aliphatic carbocycles. The topological polar surface area (TPSA) is 52.6 Å². The number of carbonyl (C=O) groups excluding carboxylic acids is 2. The fourth-order valence-electron chi connectivity index (χ4n) is 1.02. The molecule has 1 fully saturated rings. The minimum absolute atomic E-state index is 0.0277. The van der Waals surface area contributed by atoms with Crippen LogP contribution in [0.1, 0.15) is 20.3 Å². The molecule has 0 bridgehead atoms. The lowest BCUT2D eigenvalue weighted by atomic mass is 10.1. The average Bonchev–Trinajstić information content (AvgIpc) is 2.50. The Labute approximate surface area is 82.9 Å². The minimum atomic E-state index is -0.738. The fraction of sp³-hybridized carbons (Fsp3) is 0.600. The lowest BCUT2D eigenvalue weighted by Crippen LogP contribution is -2.24. The minimum Gasteiger partial charge on any atom is -0.463 e. The van der Waals surface area contributed by atoms with Gasteiger partial charge in [0.1, 0.15) is 0 Å². The van der Waals surface area contributed by atoms with Crippen molar-refractivity contribution in [3.63, 3.8) is 0 Å². The number of ether oxygens (including phenoxy) is 2. The lowest BCUT2D eigenvalue weighted by Gasteiger charge is -2.11. The number of hydrogen-bond donors (Lipinski definition) is 0. The molecule has 1 unspecified atom stereocenters. The molecule has 4 nitrogen and oxygen atoms in total. The Balaban J connectivity index is 2.48. The van der Waals surface area contributed by atoms with Gasteiger partial charge in [0.2, 0.25) is 6.10 Å². The molecule has 0 aromatic rings. The Morgan fingerprint density at radius 2 is 2.29 bits per heavy atom. The van der Waals surface area contributed by atoms with Gasteiger partial charge < -0.3 is 9.47 Å². The summed E-state index contributed by atoms with van der Waals surface area (Å²) in [6.07, 6.45) is -0.298. The van der Waals surface area contributed by atoms with Crippen molar-refractivity contribution in [1.82, 2.24) is 0 Å². The first-order valence-electron chi connectivity index (χ1n) is 4.58. The predicted molar refractivity (Wildman–Crippen MR) is 49.4 cm³/mol. The van der Waals surface area contributed by atoms with E-state index < -0.39 is 18.0 Å². The second-order valence-corrected chi connectivity index (χ2v) is 3.53. The van der Waals surface area contributed by atoms with Crippen LogP contribution in [0, 0.1) is 5.92 Å². The van der Waals surface area contributed by atoms with Gasteiger partial charge in [-0.25, -0.2) is 9.59 Å². The Morgan fingerprint density at radius 1 is 1.64 bits per heavy atom. The van der Waals surface area contributed by atoms with E-state index in [0.717, 1.165) is 0 Å². The molecule has 14 heavy (non-hydrogen) atoms. The molecule has 0 amide bonds. The second kappa shape index (κ2) is 4.26. The van der Waals surface area contributed by atoms with Crippen LogP contribution in [-0.2, 0) is 19.1 Å². The van der Waals surface area contributed by atoms with E-state index in [0.29, 0.717) is 18.6 Å². The van der Waals surface area contributed by atoms with Gasteiger partial charge in [-0.15, -0.1) is 0 Å². The summed E-state index contributed by atoms with van der Waals surface area (Å²) in [5, 5.41) is 0. The van der Waals surface area contributed by atoms with Gasteiger partial charge in [-0.2, -0.15) is 0 Å². The van der Waals surface area contributed by atoms with Crippen molar-refractivity contribution in [1.29, 1.82) is 0 Å². The molecular weight excluding hydrogens is 184 g/mol. The van der Waals surface area contributed by atoms with Gasteiger partial charge in [0.15, 0.2) is 0 Å².